The van der Waals surface area contributed by atoms with E-state index in [0.29, 0.717) is 6.54 Å². The molecular weight excluding hydrogens is 283 g/mol. The second-order valence-corrected chi connectivity index (χ2v) is 4.77. The highest BCUT2D eigenvalue weighted by atomic mass is 35.5. The molecule has 19 heavy (non-hydrogen) atoms. The number of halogens is 4. The monoisotopic (exact) mass is 293 g/mol. The molecule has 2 heterocycles. The molecule has 1 atom stereocenters. The van der Waals surface area contributed by atoms with Crippen LogP contribution >= 0.6 is 11.6 Å². The van der Waals surface area contributed by atoms with E-state index in [1.807, 2.05) is 0 Å². The summed E-state index contributed by atoms with van der Waals surface area (Å²) >= 11 is 5.61. The van der Waals surface area contributed by atoms with Gasteiger partial charge in [0.05, 0.1) is 12.1 Å². The van der Waals surface area contributed by atoms with Crippen LogP contribution in [0.5, 0.6) is 0 Å². The van der Waals surface area contributed by atoms with Crippen LogP contribution in [0.25, 0.3) is 0 Å². The molecular formula is C11H11ClF3N3O. The third-order valence-corrected chi connectivity index (χ3v) is 2.86. The van der Waals surface area contributed by atoms with Crippen molar-refractivity contribution in [2.45, 2.75) is 19.1 Å². The molecule has 0 aromatic carbocycles. The maximum absolute atomic E-state index is 12.7. The molecule has 2 rings (SSSR count). The van der Waals surface area contributed by atoms with Crippen molar-refractivity contribution in [2.75, 3.05) is 18.0 Å². The lowest BCUT2D eigenvalue weighted by molar-refractivity contribution is -0.137. The number of aromatic nitrogens is 1. The topological polar surface area (TPSA) is 45.2 Å². The smallest absolute Gasteiger partial charge is 0.350 e. The molecule has 8 heteroatoms. The van der Waals surface area contributed by atoms with E-state index >= 15 is 0 Å². The average molecular weight is 294 g/mol. The largest absolute Gasteiger partial charge is 0.416 e. The predicted octanol–water partition coefficient (Wildman–Crippen LogP) is 2.08. The van der Waals surface area contributed by atoms with Gasteiger partial charge in [-0.3, -0.25) is 4.79 Å². The Bertz CT molecular complexity index is 506. The summed E-state index contributed by atoms with van der Waals surface area (Å²) in [5, 5.41) is 2.43. The summed E-state index contributed by atoms with van der Waals surface area (Å²) < 4.78 is 38.1. The van der Waals surface area contributed by atoms with E-state index in [1.54, 1.807) is 6.92 Å². The molecule has 1 saturated heterocycles. The van der Waals surface area contributed by atoms with Gasteiger partial charge in [-0.2, -0.15) is 13.2 Å². The van der Waals surface area contributed by atoms with Crippen LogP contribution in [0.15, 0.2) is 12.1 Å². The molecule has 1 aromatic heterocycles. The molecule has 0 bridgehead atoms. The number of nitrogens with zero attached hydrogens (tertiary/aromatic N) is 2. The van der Waals surface area contributed by atoms with Crippen molar-refractivity contribution < 1.29 is 18.0 Å². The highest BCUT2D eigenvalue weighted by Gasteiger charge is 2.33. The Morgan fingerprint density at radius 1 is 1.47 bits per heavy atom. The van der Waals surface area contributed by atoms with Crippen molar-refractivity contribution >= 4 is 23.3 Å². The molecule has 1 aliphatic heterocycles. The quantitative estimate of drug-likeness (QED) is 0.806. The number of hydrogen-bond donors (Lipinski definition) is 1. The molecule has 0 unspecified atom stereocenters. The van der Waals surface area contributed by atoms with E-state index in [0.717, 1.165) is 12.1 Å². The number of rotatable bonds is 1. The molecule has 0 radical (unpaired) electrons. The number of piperazine rings is 1. The Labute approximate surface area is 112 Å². The third-order valence-electron chi connectivity index (χ3n) is 2.67. The highest BCUT2D eigenvalue weighted by molar-refractivity contribution is 6.29. The normalized spacial score (nSPS) is 20.4. The second-order valence-electron chi connectivity index (χ2n) is 4.38. The van der Waals surface area contributed by atoms with Crippen LogP contribution < -0.4 is 10.2 Å². The Morgan fingerprint density at radius 3 is 2.74 bits per heavy atom. The summed E-state index contributed by atoms with van der Waals surface area (Å²) in [6.45, 7) is 2.12. The molecule has 0 aliphatic carbocycles. The van der Waals surface area contributed by atoms with Gasteiger partial charge in [0.15, 0.2) is 0 Å². The fraction of sp³-hybridized carbons (Fsp3) is 0.455. The lowest BCUT2D eigenvalue weighted by atomic mass is 10.2. The summed E-state index contributed by atoms with van der Waals surface area (Å²) in [7, 11) is 0. The zero-order chi connectivity index (χ0) is 14.2. The van der Waals surface area contributed by atoms with Crippen molar-refractivity contribution in [3.05, 3.63) is 22.8 Å². The van der Waals surface area contributed by atoms with Crippen LogP contribution in [-0.4, -0.2) is 30.0 Å². The van der Waals surface area contributed by atoms with E-state index in [4.69, 9.17) is 11.6 Å². The van der Waals surface area contributed by atoms with Crippen LogP contribution in [0.2, 0.25) is 5.15 Å². The predicted molar refractivity (Wildman–Crippen MR) is 64.1 cm³/mol. The molecule has 1 N–H and O–H groups in total. The van der Waals surface area contributed by atoms with E-state index < -0.39 is 11.7 Å². The summed E-state index contributed by atoms with van der Waals surface area (Å²) in [6, 6.07) is 1.51. The number of hydrogen-bond acceptors (Lipinski definition) is 3. The number of amides is 1. The third kappa shape index (κ3) is 3.28. The van der Waals surface area contributed by atoms with Gasteiger partial charge < -0.3 is 10.2 Å². The maximum Gasteiger partial charge on any atom is 0.416 e. The first-order valence-corrected chi connectivity index (χ1v) is 5.92. The number of pyridine rings is 1. The molecule has 104 valence electrons. The minimum Gasteiger partial charge on any atom is -0.350 e. The van der Waals surface area contributed by atoms with Crippen LogP contribution in [0.1, 0.15) is 12.5 Å². The van der Waals surface area contributed by atoms with E-state index in [-0.39, 0.29) is 29.5 Å². The van der Waals surface area contributed by atoms with Crippen LogP contribution in [0, 0.1) is 0 Å². The van der Waals surface area contributed by atoms with Gasteiger partial charge >= 0.3 is 6.18 Å². The first-order chi connectivity index (χ1) is 8.75. The molecule has 4 nitrogen and oxygen atoms in total. The van der Waals surface area contributed by atoms with Gasteiger partial charge in [0.1, 0.15) is 11.0 Å². The minimum atomic E-state index is -4.50. The zero-order valence-corrected chi connectivity index (χ0v) is 10.7. The summed E-state index contributed by atoms with van der Waals surface area (Å²) in [5.74, 6) is -0.199. The van der Waals surface area contributed by atoms with Gasteiger partial charge in [-0.15, -0.1) is 0 Å². The first kappa shape index (κ1) is 13.9. The summed E-state index contributed by atoms with van der Waals surface area (Å²) in [4.78, 5) is 16.7. The Kier molecular flexibility index (Phi) is 3.58. The second kappa shape index (κ2) is 4.88. The molecule has 0 spiro atoms. The van der Waals surface area contributed by atoms with Crippen molar-refractivity contribution in [3.63, 3.8) is 0 Å². The van der Waals surface area contributed by atoms with Gasteiger partial charge in [-0.05, 0) is 19.1 Å². The number of anilines is 1. The van der Waals surface area contributed by atoms with E-state index in [1.165, 1.54) is 4.90 Å². The van der Waals surface area contributed by atoms with Crippen LogP contribution in [0.4, 0.5) is 19.0 Å². The fourth-order valence-corrected chi connectivity index (χ4v) is 2.12. The SMILES string of the molecule is C[C@H]1CN(c2cc(C(F)(F)F)cc(Cl)n2)CC(=O)N1. The standard InChI is InChI=1S/C11H11ClF3N3O/c1-6-4-18(5-10(19)16-6)9-3-7(11(13,14)15)2-8(12)17-9/h2-3,6H,4-5H2,1H3,(H,16,19)/t6-/m0/s1. The summed E-state index contributed by atoms with van der Waals surface area (Å²) in [5.41, 5.74) is -0.874. The molecule has 1 fully saturated rings. The van der Waals surface area contributed by atoms with Crippen molar-refractivity contribution in [1.82, 2.24) is 10.3 Å². The van der Waals surface area contributed by atoms with Gasteiger partial charge in [-0.25, -0.2) is 4.98 Å². The van der Waals surface area contributed by atoms with Crippen LogP contribution in [-0.2, 0) is 11.0 Å². The minimum absolute atomic E-state index is 0.0328. The average Bonchev–Trinajstić information content (AvgIpc) is 2.25. The molecule has 1 aromatic rings. The maximum atomic E-state index is 12.7. The highest BCUT2D eigenvalue weighted by Crippen LogP contribution is 2.32. The zero-order valence-electron chi connectivity index (χ0n) is 9.96. The Balaban J connectivity index is 2.34. The lowest BCUT2D eigenvalue weighted by Crippen LogP contribution is -2.53. The molecule has 0 saturated carbocycles. The number of alkyl halides is 3. The van der Waals surface area contributed by atoms with Crippen LogP contribution in [0.3, 0.4) is 0 Å². The van der Waals surface area contributed by atoms with Gasteiger partial charge in [-0.1, -0.05) is 11.6 Å². The van der Waals surface area contributed by atoms with Crippen molar-refractivity contribution in [1.29, 1.82) is 0 Å². The number of carbonyl (C=O) groups excluding carboxylic acids is 1. The summed E-state index contributed by atoms with van der Waals surface area (Å²) in [6.07, 6.45) is -4.50. The lowest BCUT2D eigenvalue weighted by Gasteiger charge is -2.32. The number of nitrogens with one attached hydrogen (secondary N) is 1. The molecule has 1 amide bonds. The van der Waals surface area contributed by atoms with Crippen molar-refractivity contribution in [3.8, 4) is 0 Å². The number of carbonyl (C=O) groups is 1. The van der Waals surface area contributed by atoms with E-state index in [9.17, 15) is 18.0 Å². The van der Waals surface area contributed by atoms with Gasteiger partial charge in [0, 0.05) is 12.6 Å². The molecule has 1 aliphatic rings. The first-order valence-electron chi connectivity index (χ1n) is 5.55. The Morgan fingerprint density at radius 2 is 2.16 bits per heavy atom. The van der Waals surface area contributed by atoms with Gasteiger partial charge in [0.25, 0.3) is 0 Å². The Hall–Kier alpha value is -1.50. The van der Waals surface area contributed by atoms with Crippen molar-refractivity contribution in [2.24, 2.45) is 0 Å². The van der Waals surface area contributed by atoms with E-state index in [2.05, 4.69) is 10.3 Å². The fourth-order valence-electron chi connectivity index (χ4n) is 1.92. The van der Waals surface area contributed by atoms with Gasteiger partial charge in [0.2, 0.25) is 5.91 Å².